The normalized spacial score (nSPS) is 34.3. The molecule has 0 spiro atoms. The molecule has 2 rings (SSSR count). The van der Waals surface area contributed by atoms with Gasteiger partial charge in [0.25, 0.3) is 11.4 Å². The van der Waals surface area contributed by atoms with Crippen LogP contribution in [0, 0.1) is 4.77 Å². The molecule has 6 N–H and O–H groups in total. The predicted octanol–water partition coefficient (Wildman–Crippen LogP) is -1.58. The van der Waals surface area contributed by atoms with Crippen LogP contribution in [0.4, 0.5) is 4.39 Å². The number of hydrogen-bond donors (Lipinski definition) is 6. The lowest BCUT2D eigenvalue weighted by atomic mass is 10.1. The van der Waals surface area contributed by atoms with Gasteiger partial charge in [0.05, 0.1) is 13.5 Å². The molecular formula is C10H14FN2O9PS. The second-order valence-corrected chi connectivity index (χ2v) is 6.45. The lowest BCUT2D eigenvalue weighted by Crippen LogP contribution is -2.42. The van der Waals surface area contributed by atoms with Crippen LogP contribution in [0.25, 0.3) is 0 Å². The number of hydrogen-bond acceptors (Lipinski definition) is 8. The van der Waals surface area contributed by atoms with Crippen molar-refractivity contribution >= 4 is 20.0 Å². The van der Waals surface area contributed by atoms with E-state index in [1.807, 2.05) is 0 Å². The van der Waals surface area contributed by atoms with Crippen LogP contribution in [0.2, 0.25) is 0 Å². The molecule has 4 atom stereocenters. The molecule has 1 aromatic heterocycles. The van der Waals surface area contributed by atoms with E-state index in [-0.39, 0.29) is 5.56 Å². The molecule has 0 aromatic carbocycles. The van der Waals surface area contributed by atoms with Gasteiger partial charge in [0.2, 0.25) is 0 Å². The van der Waals surface area contributed by atoms with Gasteiger partial charge in [-0.3, -0.25) is 18.9 Å². The van der Waals surface area contributed by atoms with E-state index in [1.165, 1.54) is 0 Å². The van der Waals surface area contributed by atoms with E-state index in [0.717, 1.165) is 6.20 Å². The highest BCUT2D eigenvalue weighted by molar-refractivity contribution is 7.71. The number of aliphatic hydroxyl groups excluding tert-OH is 3. The molecule has 0 bridgehead atoms. The number of halogens is 1. The van der Waals surface area contributed by atoms with Crippen LogP contribution in [0.3, 0.4) is 0 Å². The molecule has 0 amide bonds. The van der Waals surface area contributed by atoms with E-state index in [4.69, 9.17) is 28.5 Å². The number of H-pyrrole nitrogens is 1. The van der Waals surface area contributed by atoms with Crippen molar-refractivity contribution in [1.29, 1.82) is 0 Å². The monoisotopic (exact) mass is 389 g/mol. The number of nitrogens with zero attached hydrogens (tertiary/aromatic N) is 1. The largest absolute Gasteiger partial charge is 0.469 e. The third-order valence-electron chi connectivity index (χ3n) is 3.12. The molecule has 0 saturated carbocycles. The maximum absolute atomic E-state index is 14.7. The summed E-state index contributed by atoms with van der Waals surface area (Å²) in [6, 6.07) is 0. The van der Waals surface area contributed by atoms with Crippen LogP contribution in [0.1, 0.15) is 13.1 Å². The quantitative estimate of drug-likeness (QED) is 0.255. The molecule has 1 saturated heterocycles. The molecule has 0 unspecified atom stereocenters. The number of phosphoric acid groups is 1. The summed E-state index contributed by atoms with van der Waals surface area (Å²) in [5, 5.41) is 28.9. The second kappa shape index (κ2) is 6.71. The molecule has 0 radical (unpaired) electrons. The first-order valence-electron chi connectivity index (χ1n) is 6.75. The molecule has 14 heteroatoms. The van der Waals surface area contributed by atoms with Gasteiger partial charge in [-0.2, -0.15) is 0 Å². The summed E-state index contributed by atoms with van der Waals surface area (Å²) >= 11 is 4.80. The summed E-state index contributed by atoms with van der Waals surface area (Å²) in [7, 11) is -5.13. The maximum atomic E-state index is 14.7. The molecule has 1 aromatic rings. The number of aromatic nitrogens is 2. The third kappa shape index (κ3) is 3.79. The van der Waals surface area contributed by atoms with Gasteiger partial charge in [-0.15, -0.1) is 0 Å². The first-order valence-corrected chi connectivity index (χ1v) is 8.19. The van der Waals surface area contributed by atoms with Crippen molar-refractivity contribution in [2.45, 2.75) is 30.9 Å². The molecule has 1 aliphatic rings. The van der Waals surface area contributed by atoms with E-state index >= 15 is 0 Å². The number of rotatable bonds is 5. The van der Waals surface area contributed by atoms with Crippen molar-refractivity contribution in [2.75, 3.05) is 6.61 Å². The minimum Gasteiger partial charge on any atom is -0.391 e. The standard InChI is InChI=1S/C10H14FN2O9PS/c11-10(3-21-23(18,19)20)6(16)5(15)8(22-10)13-1-4(2-14)7(17)12-9(13)24/h1,5-6,8,14-16H,2-3H2,(H,12,17,24)(H2,18,19,20)/t5-,6+,8-,10-/m1/s1/i8D. The average molecular weight is 389 g/mol. The summed E-state index contributed by atoms with van der Waals surface area (Å²) in [5.74, 6) is -3.37. The number of aromatic amines is 1. The van der Waals surface area contributed by atoms with Crippen molar-refractivity contribution in [2.24, 2.45) is 0 Å². The fraction of sp³-hybridized carbons (Fsp3) is 0.600. The van der Waals surface area contributed by atoms with Crippen LogP contribution in [0.15, 0.2) is 11.0 Å². The Labute approximate surface area is 139 Å². The van der Waals surface area contributed by atoms with Crippen molar-refractivity contribution in [3.8, 4) is 0 Å². The molecule has 1 aliphatic heterocycles. The Morgan fingerprint density at radius 2 is 2.21 bits per heavy atom. The Hall–Kier alpha value is -1.02. The number of aliphatic hydroxyl groups is 3. The minimum atomic E-state index is -5.13. The molecule has 24 heavy (non-hydrogen) atoms. The van der Waals surface area contributed by atoms with Gasteiger partial charge in [-0.25, -0.2) is 8.96 Å². The van der Waals surface area contributed by atoms with Crippen molar-refractivity contribution in [3.63, 3.8) is 0 Å². The zero-order valence-electron chi connectivity index (χ0n) is 12.7. The van der Waals surface area contributed by atoms with E-state index in [2.05, 4.69) is 14.2 Å². The van der Waals surface area contributed by atoms with Gasteiger partial charge >= 0.3 is 7.82 Å². The molecule has 1 fully saturated rings. The van der Waals surface area contributed by atoms with E-state index < -0.39 is 55.6 Å². The average Bonchev–Trinajstić information content (AvgIpc) is 2.67. The predicted molar refractivity (Wildman–Crippen MR) is 75.8 cm³/mol. The van der Waals surface area contributed by atoms with Crippen LogP contribution < -0.4 is 5.56 Å². The van der Waals surface area contributed by atoms with E-state index in [1.54, 1.807) is 0 Å². The number of ether oxygens (including phenoxy) is 1. The summed E-state index contributed by atoms with van der Waals surface area (Å²) < 4.78 is 42.2. The Morgan fingerprint density at radius 1 is 1.58 bits per heavy atom. The lowest BCUT2D eigenvalue weighted by Gasteiger charge is -2.23. The number of alkyl halides is 1. The minimum absolute atomic E-state index is 0.298. The summed E-state index contributed by atoms with van der Waals surface area (Å²) in [6.45, 7) is -2.28. The zero-order chi connectivity index (χ0) is 19.2. The van der Waals surface area contributed by atoms with Gasteiger partial charge in [0.15, 0.2) is 11.0 Å². The van der Waals surface area contributed by atoms with Gasteiger partial charge in [-0.05, 0) is 12.2 Å². The van der Waals surface area contributed by atoms with Crippen molar-refractivity contribution in [1.82, 2.24) is 9.55 Å². The van der Waals surface area contributed by atoms with E-state index in [0.29, 0.717) is 4.57 Å². The van der Waals surface area contributed by atoms with Gasteiger partial charge in [-0.1, -0.05) is 0 Å². The highest BCUT2D eigenvalue weighted by Gasteiger charge is 2.57. The molecule has 2 heterocycles. The van der Waals surface area contributed by atoms with Crippen molar-refractivity contribution < 1.29 is 44.7 Å². The highest BCUT2D eigenvalue weighted by Crippen LogP contribution is 2.43. The summed E-state index contributed by atoms with van der Waals surface area (Å²) in [6.07, 6.45) is -6.73. The Bertz CT molecular complexity index is 829. The first kappa shape index (κ1) is 17.8. The SMILES string of the molecule is [2H][C@@]1(n2cc(CO)c(=O)[nH]c2=S)O[C@](F)(COP(=O)(O)O)[C@@H](O)[C@H]1O. The Balaban J connectivity index is 2.47. The third-order valence-corrected chi connectivity index (χ3v) is 3.89. The first-order chi connectivity index (χ1) is 11.3. The maximum Gasteiger partial charge on any atom is 0.469 e. The molecular weight excluding hydrogens is 374 g/mol. The second-order valence-electron chi connectivity index (χ2n) is 4.82. The Kier molecular flexibility index (Phi) is 4.97. The smallest absolute Gasteiger partial charge is 0.391 e. The fourth-order valence-corrected chi connectivity index (χ4v) is 2.51. The Morgan fingerprint density at radius 3 is 2.75 bits per heavy atom. The van der Waals surface area contributed by atoms with Gasteiger partial charge < -0.3 is 29.8 Å². The van der Waals surface area contributed by atoms with Gasteiger partial charge in [0.1, 0.15) is 18.8 Å². The zero-order valence-corrected chi connectivity index (χ0v) is 13.4. The fourth-order valence-electron chi connectivity index (χ4n) is 1.93. The number of nitrogens with one attached hydrogen (secondary N) is 1. The van der Waals surface area contributed by atoms with Crippen LogP contribution >= 0.6 is 20.0 Å². The topological polar surface area (TPSA) is 174 Å². The van der Waals surface area contributed by atoms with Crippen LogP contribution in [-0.4, -0.2) is 59.3 Å². The highest BCUT2D eigenvalue weighted by atomic mass is 32.1. The molecule has 136 valence electrons. The number of phosphoric ester groups is 1. The van der Waals surface area contributed by atoms with Crippen LogP contribution in [-0.2, 0) is 20.4 Å². The van der Waals surface area contributed by atoms with Crippen LogP contribution in [0.5, 0.6) is 0 Å². The van der Waals surface area contributed by atoms with E-state index in [9.17, 15) is 24.0 Å². The summed E-state index contributed by atoms with van der Waals surface area (Å²) in [4.78, 5) is 30.9. The lowest BCUT2D eigenvalue weighted by molar-refractivity contribution is -0.204. The molecule has 11 nitrogen and oxygen atoms in total. The summed E-state index contributed by atoms with van der Waals surface area (Å²) in [5.41, 5.74) is -1.09. The molecule has 0 aliphatic carbocycles. The van der Waals surface area contributed by atoms with Crippen molar-refractivity contribution in [3.05, 3.63) is 26.9 Å². The van der Waals surface area contributed by atoms with Gasteiger partial charge in [0, 0.05) is 6.20 Å².